The van der Waals surface area contributed by atoms with E-state index < -0.39 is 0 Å². The second-order valence-electron chi connectivity index (χ2n) is 3.90. The summed E-state index contributed by atoms with van der Waals surface area (Å²) < 4.78 is 5.30. The molecule has 0 radical (unpaired) electrons. The summed E-state index contributed by atoms with van der Waals surface area (Å²) in [4.78, 5) is 0. The van der Waals surface area contributed by atoms with Gasteiger partial charge in [-0.1, -0.05) is 0 Å². The van der Waals surface area contributed by atoms with Crippen molar-refractivity contribution in [3.05, 3.63) is 0 Å². The summed E-state index contributed by atoms with van der Waals surface area (Å²) >= 11 is 5.87. The molecule has 0 aromatic rings. The first kappa shape index (κ1) is 8.79. The highest BCUT2D eigenvalue weighted by molar-refractivity contribution is 6.21. The van der Waals surface area contributed by atoms with Crippen LogP contribution in [0.4, 0.5) is 0 Å². The lowest BCUT2D eigenvalue weighted by Crippen LogP contribution is -2.43. The highest BCUT2D eigenvalue weighted by Gasteiger charge is 2.27. The summed E-state index contributed by atoms with van der Waals surface area (Å²) in [6, 6.07) is 0.688. The number of nitrogens with one attached hydrogen (secondary N) is 1. The van der Waals surface area contributed by atoms with E-state index in [1.807, 2.05) is 0 Å². The maximum Gasteiger partial charge on any atom is 0.0507 e. The molecule has 2 fully saturated rings. The highest BCUT2D eigenvalue weighted by atomic mass is 35.5. The van der Waals surface area contributed by atoms with Crippen LogP contribution in [0.1, 0.15) is 19.3 Å². The minimum absolute atomic E-state index is 0.433. The van der Waals surface area contributed by atoms with Crippen LogP contribution >= 0.6 is 11.6 Å². The summed E-state index contributed by atoms with van der Waals surface area (Å²) in [6.45, 7) is 3.02. The molecule has 2 nitrogen and oxygen atoms in total. The van der Waals surface area contributed by atoms with Crippen molar-refractivity contribution in [1.82, 2.24) is 5.32 Å². The smallest absolute Gasteiger partial charge is 0.0507 e. The summed E-state index contributed by atoms with van der Waals surface area (Å²) in [6.07, 6.45) is 3.52. The molecule has 1 saturated carbocycles. The molecule has 1 atom stereocenters. The standard InChI is InChI=1S/C9H16ClNO/c10-8-3-9(4-8)11-5-7-1-2-12-6-7/h7-9,11H,1-6H2. The molecular formula is C9H16ClNO. The minimum atomic E-state index is 0.433. The molecule has 0 aromatic carbocycles. The van der Waals surface area contributed by atoms with E-state index in [1.165, 1.54) is 6.42 Å². The largest absolute Gasteiger partial charge is 0.381 e. The number of halogens is 1. The fraction of sp³-hybridized carbons (Fsp3) is 1.00. The van der Waals surface area contributed by atoms with Gasteiger partial charge in [-0.15, -0.1) is 11.6 Å². The van der Waals surface area contributed by atoms with Crippen molar-refractivity contribution in [2.45, 2.75) is 30.7 Å². The van der Waals surface area contributed by atoms with Crippen LogP contribution in [0.15, 0.2) is 0 Å². The van der Waals surface area contributed by atoms with Gasteiger partial charge in [0.2, 0.25) is 0 Å². The van der Waals surface area contributed by atoms with E-state index in [2.05, 4.69) is 5.32 Å². The molecule has 0 spiro atoms. The fourth-order valence-electron chi connectivity index (χ4n) is 1.79. The van der Waals surface area contributed by atoms with Gasteiger partial charge in [0.1, 0.15) is 0 Å². The van der Waals surface area contributed by atoms with Crippen molar-refractivity contribution in [3.8, 4) is 0 Å². The predicted octanol–water partition coefficient (Wildman–Crippen LogP) is 1.38. The van der Waals surface area contributed by atoms with Crippen molar-refractivity contribution >= 4 is 11.6 Å². The minimum Gasteiger partial charge on any atom is -0.381 e. The first-order valence-corrected chi connectivity index (χ1v) is 5.23. The second-order valence-corrected chi connectivity index (χ2v) is 4.52. The lowest BCUT2D eigenvalue weighted by Gasteiger charge is -2.32. The first-order chi connectivity index (χ1) is 5.84. The summed E-state index contributed by atoms with van der Waals surface area (Å²) in [7, 11) is 0. The van der Waals surface area contributed by atoms with Crippen LogP contribution in [0.5, 0.6) is 0 Å². The zero-order valence-electron chi connectivity index (χ0n) is 7.26. The zero-order valence-corrected chi connectivity index (χ0v) is 8.02. The van der Waals surface area contributed by atoms with Gasteiger partial charge in [-0.3, -0.25) is 0 Å². The monoisotopic (exact) mass is 189 g/mol. The van der Waals surface area contributed by atoms with Gasteiger partial charge in [0.25, 0.3) is 0 Å². The van der Waals surface area contributed by atoms with E-state index in [9.17, 15) is 0 Å². The molecule has 1 saturated heterocycles. The molecule has 1 unspecified atom stereocenters. The van der Waals surface area contributed by atoms with Crippen molar-refractivity contribution in [2.75, 3.05) is 19.8 Å². The lowest BCUT2D eigenvalue weighted by molar-refractivity contribution is 0.183. The van der Waals surface area contributed by atoms with Crippen LogP contribution < -0.4 is 5.32 Å². The van der Waals surface area contributed by atoms with E-state index in [4.69, 9.17) is 16.3 Å². The molecule has 1 aliphatic heterocycles. The lowest BCUT2D eigenvalue weighted by atomic mass is 9.92. The van der Waals surface area contributed by atoms with Crippen molar-refractivity contribution < 1.29 is 4.74 Å². The molecule has 1 heterocycles. The quantitative estimate of drug-likeness (QED) is 0.678. The van der Waals surface area contributed by atoms with Gasteiger partial charge in [-0.25, -0.2) is 0 Å². The fourth-order valence-corrected chi connectivity index (χ4v) is 2.22. The number of hydrogen-bond acceptors (Lipinski definition) is 2. The van der Waals surface area contributed by atoms with E-state index in [-0.39, 0.29) is 0 Å². The van der Waals surface area contributed by atoms with Crippen LogP contribution in [0, 0.1) is 5.92 Å². The Morgan fingerprint density at radius 1 is 1.42 bits per heavy atom. The maximum absolute atomic E-state index is 5.87. The van der Waals surface area contributed by atoms with Crippen LogP contribution in [0.25, 0.3) is 0 Å². The molecule has 1 aliphatic carbocycles. The maximum atomic E-state index is 5.87. The Morgan fingerprint density at radius 2 is 2.25 bits per heavy atom. The third kappa shape index (κ3) is 2.12. The number of ether oxygens (including phenoxy) is 1. The normalized spacial score (nSPS) is 41.2. The predicted molar refractivity (Wildman–Crippen MR) is 49.6 cm³/mol. The molecule has 2 aliphatic rings. The van der Waals surface area contributed by atoms with Gasteiger partial charge in [0, 0.05) is 24.6 Å². The van der Waals surface area contributed by atoms with Gasteiger partial charge >= 0.3 is 0 Å². The third-order valence-corrected chi connectivity index (χ3v) is 3.16. The van der Waals surface area contributed by atoms with E-state index in [0.29, 0.717) is 11.4 Å². The molecule has 2 rings (SSSR count). The van der Waals surface area contributed by atoms with Gasteiger partial charge in [-0.2, -0.15) is 0 Å². The van der Waals surface area contributed by atoms with Crippen LogP contribution in [0.2, 0.25) is 0 Å². The topological polar surface area (TPSA) is 21.3 Å². The number of rotatable bonds is 3. The van der Waals surface area contributed by atoms with Gasteiger partial charge in [0.05, 0.1) is 6.61 Å². The molecule has 12 heavy (non-hydrogen) atoms. The molecule has 0 aromatic heterocycles. The van der Waals surface area contributed by atoms with E-state index >= 15 is 0 Å². The summed E-state index contributed by atoms with van der Waals surface area (Å²) in [5.74, 6) is 0.749. The summed E-state index contributed by atoms with van der Waals surface area (Å²) in [5.41, 5.74) is 0. The van der Waals surface area contributed by atoms with Crippen LogP contribution in [-0.4, -0.2) is 31.2 Å². The Bertz CT molecular complexity index is 141. The third-order valence-electron chi connectivity index (χ3n) is 2.80. The molecule has 0 amide bonds. The SMILES string of the molecule is ClC1CC(NCC2CCOC2)C1. The Hall–Kier alpha value is 0.210. The molecular weight excluding hydrogens is 174 g/mol. The van der Waals surface area contributed by atoms with Gasteiger partial charge < -0.3 is 10.1 Å². The Kier molecular flexibility index (Phi) is 2.89. The van der Waals surface area contributed by atoms with Crippen LogP contribution in [-0.2, 0) is 4.74 Å². The van der Waals surface area contributed by atoms with Gasteiger partial charge in [0.15, 0.2) is 0 Å². The average Bonchev–Trinajstić information content (AvgIpc) is 2.47. The van der Waals surface area contributed by atoms with Crippen molar-refractivity contribution in [1.29, 1.82) is 0 Å². The molecule has 1 N–H and O–H groups in total. The van der Waals surface area contributed by atoms with Crippen molar-refractivity contribution in [3.63, 3.8) is 0 Å². The van der Waals surface area contributed by atoms with E-state index in [1.54, 1.807) is 0 Å². The van der Waals surface area contributed by atoms with E-state index in [0.717, 1.165) is 38.5 Å². The van der Waals surface area contributed by atoms with Crippen molar-refractivity contribution in [2.24, 2.45) is 5.92 Å². The zero-order chi connectivity index (χ0) is 8.39. The molecule has 0 bridgehead atoms. The number of alkyl halides is 1. The highest BCUT2D eigenvalue weighted by Crippen LogP contribution is 2.25. The van der Waals surface area contributed by atoms with Crippen LogP contribution in [0.3, 0.4) is 0 Å². The Balaban J connectivity index is 1.56. The second kappa shape index (κ2) is 3.95. The summed E-state index contributed by atoms with van der Waals surface area (Å²) in [5, 5.41) is 3.96. The average molecular weight is 190 g/mol. The number of hydrogen-bond donors (Lipinski definition) is 1. The Morgan fingerprint density at radius 3 is 2.83 bits per heavy atom. The molecule has 70 valence electrons. The first-order valence-electron chi connectivity index (χ1n) is 4.80. The Labute approximate surface area is 78.6 Å². The molecule has 3 heteroatoms. The van der Waals surface area contributed by atoms with Gasteiger partial charge in [-0.05, 0) is 25.2 Å².